The fourth-order valence-corrected chi connectivity index (χ4v) is 7.89. The molecule has 394 valence electrons. The van der Waals surface area contributed by atoms with Crippen molar-refractivity contribution in [3.05, 3.63) is 24.3 Å². The number of anilines is 1. The molecule has 0 spiro atoms. The molecular weight excluding hydrogens is 930 g/mol. The highest BCUT2D eigenvalue weighted by atomic mass is 16.8. The Hall–Kier alpha value is -3.82. The van der Waals surface area contributed by atoms with Gasteiger partial charge in [-0.3, -0.25) is 14.4 Å². The van der Waals surface area contributed by atoms with Crippen LogP contribution in [0.4, 0.5) is 5.69 Å². The van der Waals surface area contributed by atoms with Crippen molar-refractivity contribution in [1.82, 2.24) is 10.6 Å². The molecule has 27 nitrogen and oxygen atoms in total. The standard InChI is InChI=1S/C42H67N3O24/c1-16(2)38(59)45-21-7-9-22(10-8-21)64-39-29(44-19(5)51)36(63-20(6)62-17(3)30(55)24(53)12-46)34(27(15-49)66-39)67-40-33(58)37(32(57)26(14-48)65-40)69-42(41(60)61)11-23(52)28(43-18(4)50)35(68-42)31(56)25(54)13-47/h7-10,16-17,20,23-37,39-40,46-49,52-58H,11-15H2,1-6H3,(H,43,50)(H,44,51)(H,45,59)(H,60,61)/t17?,20-,23+,24+,25+,26?,27?,28?,29?,30?,31+,32?,33?,34?,35?,36?,37?,39?,40?,42-/m0/s1. The number of nitrogens with one attached hydrogen (secondary N) is 3. The van der Waals surface area contributed by atoms with E-state index < -0.39 is 173 Å². The molecule has 1 aromatic rings. The van der Waals surface area contributed by atoms with Crippen molar-refractivity contribution in [3.63, 3.8) is 0 Å². The highest BCUT2D eigenvalue weighted by molar-refractivity contribution is 5.92. The Morgan fingerprint density at radius 2 is 1.35 bits per heavy atom. The summed E-state index contributed by atoms with van der Waals surface area (Å²) in [6, 6.07) is 2.88. The molecule has 69 heavy (non-hydrogen) atoms. The topological polar surface area (TPSA) is 421 Å². The number of carbonyl (C=O) groups is 4. The van der Waals surface area contributed by atoms with Crippen molar-refractivity contribution in [3.8, 4) is 5.75 Å². The summed E-state index contributed by atoms with van der Waals surface area (Å²) in [7, 11) is 0. The predicted octanol–water partition coefficient (Wildman–Crippen LogP) is -5.91. The van der Waals surface area contributed by atoms with Crippen LogP contribution in [0.3, 0.4) is 0 Å². The minimum Gasteiger partial charge on any atom is -0.477 e. The largest absolute Gasteiger partial charge is 0.477 e. The molecule has 0 aliphatic carbocycles. The van der Waals surface area contributed by atoms with Gasteiger partial charge in [-0.2, -0.15) is 0 Å². The van der Waals surface area contributed by atoms with E-state index in [1.807, 2.05) is 0 Å². The van der Waals surface area contributed by atoms with Gasteiger partial charge in [0.2, 0.25) is 24.0 Å². The first kappa shape index (κ1) is 57.8. The van der Waals surface area contributed by atoms with Crippen molar-refractivity contribution in [1.29, 1.82) is 0 Å². The first-order valence-corrected chi connectivity index (χ1v) is 22.1. The van der Waals surface area contributed by atoms with Gasteiger partial charge in [-0.25, -0.2) is 4.79 Å². The van der Waals surface area contributed by atoms with Gasteiger partial charge in [0.1, 0.15) is 85.0 Å². The number of hydrogen-bond donors (Lipinski definition) is 15. The molecule has 0 radical (unpaired) electrons. The second-order valence-corrected chi connectivity index (χ2v) is 17.3. The summed E-state index contributed by atoms with van der Waals surface area (Å²) in [5.41, 5.74) is 0.410. The Bertz CT molecular complexity index is 1820. The molecule has 3 fully saturated rings. The number of benzene rings is 1. The molecule has 3 amide bonds. The van der Waals surface area contributed by atoms with E-state index >= 15 is 0 Å². The molecule has 0 saturated carbocycles. The smallest absolute Gasteiger partial charge is 0.364 e. The van der Waals surface area contributed by atoms with E-state index in [1.54, 1.807) is 13.8 Å². The van der Waals surface area contributed by atoms with E-state index in [0.29, 0.717) is 5.69 Å². The van der Waals surface area contributed by atoms with Gasteiger partial charge in [0, 0.05) is 31.9 Å². The Kier molecular flexibility index (Phi) is 21.4. The quantitative estimate of drug-likeness (QED) is 0.0454. The van der Waals surface area contributed by atoms with Gasteiger partial charge < -0.3 is 115 Å². The molecule has 3 aliphatic heterocycles. The number of amides is 3. The Morgan fingerprint density at radius 3 is 1.88 bits per heavy atom. The molecule has 14 unspecified atom stereocenters. The van der Waals surface area contributed by atoms with Gasteiger partial charge in [-0.15, -0.1) is 0 Å². The highest BCUT2D eigenvalue weighted by Crippen LogP contribution is 2.39. The molecule has 3 heterocycles. The maximum absolute atomic E-state index is 13.1. The summed E-state index contributed by atoms with van der Waals surface area (Å²) < 4.78 is 47.8. The molecule has 3 saturated heterocycles. The molecule has 0 aromatic heterocycles. The SMILES string of the molecule is CC(=O)NC1C(Oc2ccc(NC(=O)C(C)C)cc2)OC(CO)C(OC2OC(CO)C(O)C(O[C@]3(C(=O)O)C[C@@H](O)C(NC(C)=O)C([C@H](O)[C@H](O)CO)O3)C2O)C1O[C@@H](C)OC(C)C(O)[C@H](O)CO. The molecule has 15 N–H and O–H groups in total. The normalized spacial score (nSPS) is 34.4. The monoisotopic (exact) mass is 997 g/mol. The maximum atomic E-state index is 13.1. The van der Waals surface area contributed by atoms with Crippen LogP contribution in [0.1, 0.15) is 48.0 Å². The van der Waals surface area contributed by atoms with Crippen LogP contribution < -0.4 is 20.7 Å². The van der Waals surface area contributed by atoms with Crippen molar-refractivity contribution >= 4 is 29.4 Å². The Morgan fingerprint density at radius 1 is 0.768 bits per heavy atom. The van der Waals surface area contributed by atoms with Gasteiger partial charge in [0.15, 0.2) is 12.6 Å². The number of aliphatic carboxylic acids is 1. The summed E-state index contributed by atoms with van der Waals surface area (Å²) in [5.74, 6) is -7.11. The fourth-order valence-electron chi connectivity index (χ4n) is 7.89. The van der Waals surface area contributed by atoms with E-state index in [1.165, 1.54) is 38.1 Å². The van der Waals surface area contributed by atoms with Crippen LogP contribution in [0, 0.1) is 5.92 Å². The third-order valence-electron chi connectivity index (χ3n) is 11.5. The lowest BCUT2D eigenvalue weighted by atomic mass is 9.88. The van der Waals surface area contributed by atoms with Crippen molar-refractivity contribution < 1.29 is 118 Å². The summed E-state index contributed by atoms with van der Waals surface area (Å²) in [5, 5.41) is 135. The van der Waals surface area contributed by atoms with Crippen LogP contribution in [0.15, 0.2) is 24.3 Å². The molecule has 4 rings (SSSR count). The van der Waals surface area contributed by atoms with Gasteiger partial charge in [0.05, 0.1) is 44.7 Å². The van der Waals surface area contributed by atoms with E-state index in [9.17, 15) is 80.5 Å². The van der Waals surface area contributed by atoms with E-state index in [2.05, 4.69) is 16.0 Å². The second-order valence-electron chi connectivity index (χ2n) is 17.3. The molecule has 20 atom stereocenters. The molecule has 3 aliphatic rings. The zero-order valence-corrected chi connectivity index (χ0v) is 38.7. The maximum Gasteiger partial charge on any atom is 0.364 e. The van der Waals surface area contributed by atoms with Crippen LogP contribution in [0.25, 0.3) is 0 Å². The van der Waals surface area contributed by atoms with Gasteiger partial charge in [-0.05, 0) is 38.1 Å². The van der Waals surface area contributed by atoms with Crippen LogP contribution in [0.5, 0.6) is 5.75 Å². The summed E-state index contributed by atoms with van der Waals surface area (Å²) in [6.07, 6.45) is -32.2. The molecular formula is C42H67N3O24. The zero-order valence-electron chi connectivity index (χ0n) is 38.7. The second kappa shape index (κ2) is 25.5. The Balaban J connectivity index is 1.75. The van der Waals surface area contributed by atoms with Crippen LogP contribution >= 0.6 is 0 Å². The number of aliphatic hydroxyl groups excluding tert-OH is 11. The molecule has 1 aromatic carbocycles. The first-order chi connectivity index (χ1) is 32.4. The van der Waals surface area contributed by atoms with Crippen molar-refractivity contribution in [2.45, 2.75) is 170 Å². The third-order valence-corrected chi connectivity index (χ3v) is 11.5. The summed E-state index contributed by atoms with van der Waals surface area (Å²) in [4.78, 5) is 50.3. The number of hydrogen-bond acceptors (Lipinski definition) is 23. The highest BCUT2D eigenvalue weighted by Gasteiger charge is 2.60. The molecule has 27 heteroatoms. The van der Waals surface area contributed by atoms with E-state index in [4.69, 9.17) is 37.9 Å². The van der Waals surface area contributed by atoms with Gasteiger partial charge >= 0.3 is 5.97 Å². The third kappa shape index (κ3) is 14.4. The average molecular weight is 998 g/mol. The number of carbonyl (C=O) groups excluding carboxylic acids is 3. The first-order valence-electron chi connectivity index (χ1n) is 22.1. The van der Waals surface area contributed by atoms with E-state index in [0.717, 1.165) is 13.8 Å². The van der Waals surface area contributed by atoms with Crippen molar-refractivity contribution in [2.24, 2.45) is 5.92 Å². The number of carboxylic acids is 1. The zero-order chi connectivity index (χ0) is 51.7. The lowest BCUT2D eigenvalue weighted by Gasteiger charge is -2.51. The minimum atomic E-state index is -3.13. The van der Waals surface area contributed by atoms with Gasteiger partial charge in [0.25, 0.3) is 5.79 Å². The van der Waals surface area contributed by atoms with Crippen LogP contribution in [-0.2, 0) is 52.3 Å². The minimum absolute atomic E-state index is 0.115. The number of carboxylic acid groups (broad SMARTS) is 1. The summed E-state index contributed by atoms with van der Waals surface area (Å²) in [6.45, 7) is 4.32. The van der Waals surface area contributed by atoms with Gasteiger partial charge in [-0.1, -0.05) is 13.8 Å². The van der Waals surface area contributed by atoms with Crippen LogP contribution in [0.2, 0.25) is 0 Å². The predicted molar refractivity (Wildman–Crippen MR) is 228 cm³/mol. The number of aliphatic hydroxyl groups is 11. The Labute approximate surface area is 395 Å². The average Bonchev–Trinajstić information content (AvgIpc) is 3.29. The fraction of sp³-hybridized carbons (Fsp3) is 0.762. The summed E-state index contributed by atoms with van der Waals surface area (Å²) >= 11 is 0. The van der Waals surface area contributed by atoms with Crippen LogP contribution in [-0.4, -0.2) is 234 Å². The molecule has 0 bridgehead atoms. The number of ether oxygens (including phenoxy) is 8. The number of rotatable bonds is 23. The van der Waals surface area contributed by atoms with Crippen molar-refractivity contribution in [2.75, 3.05) is 31.7 Å². The lowest BCUT2D eigenvalue weighted by Crippen LogP contribution is -2.71. The van der Waals surface area contributed by atoms with E-state index in [-0.39, 0.29) is 17.6 Å². The lowest BCUT2D eigenvalue weighted by molar-refractivity contribution is -0.385.